The van der Waals surface area contributed by atoms with Crippen LogP contribution in [0.5, 0.6) is 5.75 Å². The molecule has 3 rings (SSSR count). The van der Waals surface area contributed by atoms with Crippen molar-refractivity contribution in [1.82, 2.24) is 10.3 Å². The van der Waals surface area contributed by atoms with E-state index in [2.05, 4.69) is 15.6 Å². The van der Waals surface area contributed by atoms with Gasteiger partial charge < -0.3 is 20.4 Å². The molecule has 0 radical (unpaired) electrons. The monoisotopic (exact) mass is 359 g/mol. The Balaban J connectivity index is 1.68. The van der Waals surface area contributed by atoms with Gasteiger partial charge in [0.15, 0.2) is 17.3 Å². The highest BCUT2D eigenvalue weighted by molar-refractivity contribution is 6.13. The van der Waals surface area contributed by atoms with E-state index in [0.717, 1.165) is 25.1 Å². The molecule has 0 unspecified atom stereocenters. The minimum Gasteiger partial charge on any atom is -0.489 e. The van der Waals surface area contributed by atoms with E-state index in [-0.39, 0.29) is 11.5 Å². The van der Waals surface area contributed by atoms with Gasteiger partial charge in [0.2, 0.25) is 0 Å². The van der Waals surface area contributed by atoms with Crippen molar-refractivity contribution in [3.63, 3.8) is 0 Å². The Kier molecular flexibility index (Phi) is 5.68. The van der Waals surface area contributed by atoms with Crippen molar-refractivity contribution in [2.45, 2.75) is 26.2 Å². The molecule has 0 saturated carbocycles. The molecule has 1 aliphatic carbocycles. The van der Waals surface area contributed by atoms with Crippen LogP contribution in [0.15, 0.2) is 24.4 Å². The zero-order valence-corrected chi connectivity index (χ0v) is 14.7. The molecule has 1 amide bonds. The predicted molar refractivity (Wildman–Crippen MR) is 96.5 cm³/mol. The number of aromatic amines is 1. The van der Waals surface area contributed by atoms with E-state index in [4.69, 9.17) is 4.74 Å². The second kappa shape index (κ2) is 8.14. The molecule has 3 N–H and O–H groups in total. The fourth-order valence-corrected chi connectivity index (χ4v) is 3.02. The molecule has 1 aromatic carbocycles. The number of likely N-dealkylation sites (N-methyl/N-ethyl adjacent to an activating group) is 1. The van der Waals surface area contributed by atoms with Crippen LogP contribution in [0.4, 0.5) is 10.1 Å². The fraction of sp³-hybridized carbons (Fsp3) is 0.368. The van der Waals surface area contributed by atoms with Crippen LogP contribution in [0, 0.1) is 5.82 Å². The Labute approximate surface area is 151 Å². The summed E-state index contributed by atoms with van der Waals surface area (Å²) < 4.78 is 19.5. The number of aryl methyl sites for hydroxylation is 1. The number of Topliss-reactive ketones (excluding diaryl/α,β-unsaturated/α-hetero) is 1. The first-order valence-corrected chi connectivity index (χ1v) is 8.78. The lowest BCUT2D eigenvalue weighted by Crippen LogP contribution is -2.20. The van der Waals surface area contributed by atoms with E-state index in [1.54, 1.807) is 6.07 Å². The van der Waals surface area contributed by atoms with E-state index < -0.39 is 11.7 Å². The first-order valence-electron chi connectivity index (χ1n) is 8.78. The van der Waals surface area contributed by atoms with Crippen molar-refractivity contribution in [3.8, 4) is 5.75 Å². The summed E-state index contributed by atoms with van der Waals surface area (Å²) in [5, 5.41) is 5.72. The van der Waals surface area contributed by atoms with E-state index in [1.807, 2.05) is 6.92 Å². The lowest BCUT2D eigenvalue weighted by Gasteiger charge is -2.12. The summed E-state index contributed by atoms with van der Waals surface area (Å²) >= 11 is 0. The molecular weight excluding hydrogens is 337 g/mol. The smallest absolute Gasteiger partial charge is 0.257 e. The van der Waals surface area contributed by atoms with Crippen LogP contribution in [0.3, 0.4) is 0 Å². The van der Waals surface area contributed by atoms with Crippen LogP contribution >= 0.6 is 0 Å². The van der Waals surface area contributed by atoms with Crippen molar-refractivity contribution in [2.75, 3.05) is 25.0 Å². The summed E-state index contributed by atoms with van der Waals surface area (Å²) in [5.74, 6) is -0.882. The number of carbonyl (C=O) groups excluding carboxylic acids is 2. The third-order valence-corrected chi connectivity index (χ3v) is 4.29. The van der Waals surface area contributed by atoms with Crippen molar-refractivity contribution >= 4 is 17.4 Å². The van der Waals surface area contributed by atoms with Gasteiger partial charge >= 0.3 is 0 Å². The van der Waals surface area contributed by atoms with Crippen LogP contribution < -0.4 is 15.4 Å². The van der Waals surface area contributed by atoms with Gasteiger partial charge in [-0.1, -0.05) is 6.92 Å². The Morgan fingerprint density at radius 3 is 2.96 bits per heavy atom. The minimum atomic E-state index is -0.550. The molecule has 2 aromatic rings. The highest BCUT2D eigenvalue weighted by Gasteiger charge is 2.26. The van der Waals surface area contributed by atoms with Gasteiger partial charge in [-0.15, -0.1) is 0 Å². The van der Waals surface area contributed by atoms with Crippen molar-refractivity contribution in [2.24, 2.45) is 0 Å². The molecule has 0 atom stereocenters. The van der Waals surface area contributed by atoms with Gasteiger partial charge in [0.25, 0.3) is 5.91 Å². The van der Waals surface area contributed by atoms with Crippen LogP contribution in [-0.4, -0.2) is 36.4 Å². The Hall–Kier alpha value is -2.67. The molecule has 138 valence electrons. The zero-order chi connectivity index (χ0) is 18.5. The van der Waals surface area contributed by atoms with Crippen molar-refractivity contribution in [3.05, 3.63) is 47.0 Å². The highest BCUT2D eigenvalue weighted by Crippen LogP contribution is 2.26. The van der Waals surface area contributed by atoms with Gasteiger partial charge in [0.05, 0.1) is 11.1 Å². The number of H-pyrrole nitrogens is 1. The molecule has 0 fully saturated rings. The molecule has 1 aromatic heterocycles. The Bertz CT molecular complexity index is 816. The first kappa shape index (κ1) is 18.1. The fourth-order valence-electron chi connectivity index (χ4n) is 3.02. The molecule has 0 spiro atoms. The molecule has 6 nitrogen and oxygen atoms in total. The largest absolute Gasteiger partial charge is 0.489 e. The first-order chi connectivity index (χ1) is 12.6. The van der Waals surface area contributed by atoms with Gasteiger partial charge in [-0.2, -0.15) is 0 Å². The van der Waals surface area contributed by atoms with Gasteiger partial charge in [0, 0.05) is 36.6 Å². The molecule has 1 heterocycles. The molecule has 0 bridgehead atoms. The number of ketones is 1. The number of amides is 1. The maximum Gasteiger partial charge on any atom is 0.257 e. The standard InChI is InChI=1S/C19H22FN3O3/c1-2-21-8-9-26-17-7-6-12(10-14(17)20)23-19(25)13-11-22-15-4-3-5-16(24)18(13)15/h6-7,10-11,21-22H,2-5,8-9H2,1H3,(H,23,25). The van der Waals surface area contributed by atoms with E-state index in [0.29, 0.717) is 36.4 Å². The number of rotatable bonds is 7. The number of hydrogen-bond acceptors (Lipinski definition) is 4. The van der Waals surface area contributed by atoms with Gasteiger partial charge in [-0.05, 0) is 31.5 Å². The number of nitrogens with one attached hydrogen (secondary N) is 3. The van der Waals surface area contributed by atoms with E-state index in [1.165, 1.54) is 18.3 Å². The average Bonchev–Trinajstić information content (AvgIpc) is 3.06. The number of fused-ring (bicyclic) bond motifs is 1. The van der Waals surface area contributed by atoms with Gasteiger partial charge in [-0.3, -0.25) is 9.59 Å². The van der Waals surface area contributed by atoms with Gasteiger partial charge in [0.1, 0.15) is 6.61 Å². The predicted octanol–water partition coefficient (Wildman–Crippen LogP) is 2.91. The van der Waals surface area contributed by atoms with Crippen molar-refractivity contribution in [1.29, 1.82) is 0 Å². The lowest BCUT2D eigenvalue weighted by molar-refractivity contribution is 0.0956. The number of benzene rings is 1. The Morgan fingerprint density at radius 2 is 2.19 bits per heavy atom. The molecular formula is C19H22FN3O3. The Morgan fingerprint density at radius 1 is 1.35 bits per heavy atom. The van der Waals surface area contributed by atoms with Crippen LogP contribution in [0.25, 0.3) is 0 Å². The van der Waals surface area contributed by atoms with Crippen LogP contribution in [0.2, 0.25) is 0 Å². The lowest BCUT2D eigenvalue weighted by atomic mass is 9.93. The summed E-state index contributed by atoms with van der Waals surface area (Å²) in [6.07, 6.45) is 3.52. The summed E-state index contributed by atoms with van der Waals surface area (Å²) in [6, 6.07) is 4.26. The van der Waals surface area contributed by atoms with Gasteiger partial charge in [-0.25, -0.2) is 4.39 Å². The van der Waals surface area contributed by atoms with Crippen LogP contribution in [-0.2, 0) is 6.42 Å². The maximum atomic E-state index is 14.1. The third-order valence-electron chi connectivity index (χ3n) is 4.29. The number of halogens is 1. The normalized spacial score (nSPS) is 13.4. The summed E-state index contributed by atoms with van der Waals surface area (Å²) in [4.78, 5) is 27.6. The number of carbonyl (C=O) groups is 2. The molecule has 7 heteroatoms. The molecule has 1 aliphatic rings. The summed E-state index contributed by atoms with van der Waals surface area (Å²) in [6.45, 7) is 3.78. The SMILES string of the molecule is CCNCCOc1ccc(NC(=O)c2c[nH]c3c2C(=O)CCC3)cc1F. The minimum absolute atomic E-state index is 0.0340. The van der Waals surface area contributed by atoms with Crippen LogP contribution in [0.1, 0.15) is 46.2 Å². The highest BCUT2D eigenvalue weighted by atomic mass is 19.1. The second-order valence-corrected chi connectivity index (χ2v) is 6.13. The van der Waals surface area contributed by atoms with E-state index >= 15 is 0 Å². The van der Waals surface area contributed by atoms with Crippen molar-refractivity contribution < 1.29 is 18.7 Å². The topological polar surface area (TPSA) is 83.2 Å². The summed E-state index contributed by atoms with van der Waals surface area (Å²) in [5.41, 5.74) is 1.86. The zero-order valence-electron chi connectivity index (χ0n) is 14.7. The number of anilines is 1. The number of hydrogen-bond donors (Lipinski definition) is 3. The quantitative estimate of drug-likeness (QED) is 0.664. The molecule has 26 heavy (non-hydrogen) atoms. The maximum absolute atomic E-state index is 14.1. The second-order valence-electron chi connectivity index (χ2n) is 6.13. The summed E-state index contributed by atoms with van der Waals surface area (Å²) in [7, 11) is 0. The third kappa shape index (κ3) is 3.94. The number of aromatic nitrogens is 1. The average molecular weight is 359 g/mol. The van der Waals surface area contributed by atoms with E-state index in [9.17, 15) is 14.0 Å². The number of ether oxygens (including phenoxy) is 1. The molecule has 0 aliphatic heterocycles. The molecule has 0 saturated heterocycles.